The molecule has 0 saturated heterocycles. The van der Waals surface area contributed by atoms with Gasteiger partial charge in [0, 0.05) is 35.7 Å². The maximum absolute atomic E-state index is 12.9. The molecule has 2 amide bonds. The molecular weight excluding hydrogens is 544 g/mol. The molecule has 4 heterocycles. The van der Waals surface area contributed by atoms with Gasteiger partial charge in [0.15, 0.2) is 0 Å². The maximum Gasteiger partial charge on any atom is 0.256 e. The maximum atomic E-state index is 12.9. The summed E-state index contributed by atoms with van der Waals surface area (Å²) in [6, 6.07) is 12.3. The van der Waals surface area contributed by atoms with Crippen LogP contribution in [0, 0.1) is 11.3 Å². The van der Waals surface area contributed by atoms with Crippen molar-refractivity contribution in [3.63, 3.8) is 0 Å². The number of nitrogens with one attached hydrogen (secondary N) is 2. The number of nitrogen functional groups attached to an aromatic ring is 1. The molecule has 4 N–H and O–H groups in total. The summed E-state index contributed by atoms with van der Waals surface area (Å²) in [7, 11) is 0. The average molecular weight is 577 g/mol. The van der Waals surface area contributed by atoms with Gasteiger partial charge < -0.3 is 21.1 Å². The van der Waals surface area contributed by atoms with Crippen LogP contribution in [0.2, 0.25) is 0 Å². The molecule has 2 aliphatic rings. The van der Waals surface area contributed by atoms with Crippen LogP contribution in [0.3, 0.4) is 0 Å². The molecule has 1 saturated carbocycles. The molecule has 0 radical (unpaired) electrons. The van der Waals surface area contributed by atoms with Gasteiger partial charge in [0.1, 0.15) is 28.7 Å². The number of carbonyl (C=O) groups is 2. The fourth-order valence-electron chi connectivity index (χ4n) is 5.80. The van der Waals surface area contributed by atoms with Crippen LogP contribution in [0.15, 0.2) is 54.9 Å². The highest BCUT2D eigenvalue weighted by Gasteiger charge is 2.30. The van der Waals surface area contributed by atoms with Crippen LogP contribution in [-0.2, 0) is 9.53 Å². The second-order valence-electron chi connectivity index (χ2n) is 10.8. The summed E-state index contributed by atoms with van der Waals surface area (Å²) in [5.74, 6) is 1.32. The Kier molecular flexibility index (Phi) is 8.11. The predicted molar refractivity (Wildman–Crippen MR) is 162 cm³/mol. The molecule has 2 atom stereocenters. The van der Waals surface area contributed by atoms with Gasteiger partial charge in [-0.15, -0.1) is 0 Å². The third-order valence-electron chi connectivity index (χ3n) is 7.89. The number of amides is 2. The number of imidazole rings is 1. The van der Waals surface area contributed by atoms with Crippen LogP contribution >= 0.6 is 0 Å². The van der Waals surface area contributed by atoms with Crippen molar-refractivity contribution in [3.8, 4) is 17.3 Å². The number of carbonyl (C=O) groups excluding carboxylic acids is 2. The molecule has 0 unspecified atom stereocenters. The standard InChI is InChI=1S/C32H32N8O3/c33-18-20-11-13-35-26(16-20)38-32(42)22-9-7-21(8-10-22)28-29-30(34)36-19-25-6-1-2-14-43-15-12-27(41)37-24-5-3-4-23(17-24)31(39-28)40(25)29/h1,6-11,13,16,19,23-24H,2-5,12,14-15,17H2,(H2,34,36)(H,37,41)(H,35,38,42)/b6-1+/t23-,24-/m1/s1. The van der Waals surface area contributed by atoms with E-state index in [4.69, 9.17) is 20.7 Å². The fourth-order valence-corrected chi connectivity index (χ4v) is 5.80. The van der Waals surface area contributed by atoms with Crippen molar-refractivity contribution in [3.05, 3.63) is 77.5 Å². The van der Waals surface area contributed by atoms with Gasteiger partial charge >= 0.3 is 0 Å². The zero-order chi connectivity index (χ0) is 29.8. The average Bonchev–Trinajstić information content (AvgIpc) is 3.43. The number of nitriles is 1. The summed E-state index contributed by atoms with van der Waals surface area (Å²) >= 11 is 0. The summed E-state index contributed by atoms with van der Waals surface area (Å²) in [6.45, 7) is 0.920. The van der Waals surface area contributed by atoms with E-state index in [-0.39, 0.29) is 23.8 Å². The van der Waals surface area contributed by atoms with Gasteiger partial charge in [0.05, 0.1) is 36.7 Å². The van der Waals surface area contributed by atoms with Crippen LogP contribution < -0.4 is 16.4 Å². The van der Waals surface area contributed by atoms with Crippen LogP contribution in [0.1, 0.15) is 71.9 Å². The summed E-state index contributed by atoms with van der Waals surface area (Å²) < 4.78 is 7.76. The molecule has 11 nitrogen and oxygen atoms in total. The highest BCUT2D eigenvalue weighted by molar-refractivity contribution is 6.04. The van der Waals surface area contributed by atoms with Gasteiger partial charge in [-0.3, -0.25) is 14.0 Å². The minimum Gasteiger partial charge on any atom is -0.382 e. The van der Waals surface area contributed by atoms with Crippen molar-refractivity contribution in [1.29, 1.82) is 5.26 Å². The van der Waals surface area contributed by atoms with Gasteiger partial charge in [-0.05, 0) is 56.0 Å². The second kappa shape index (κ2) is 12.4. The van der Waals surface area contributed by atoms with E-state index in [9.17, 15) is 9.59 Å². The molecule has 0 spiro atoms. The number of anilines is 2. The lowest BCUT2D eigenvalue weighted by Gasteiger charge is -2.29. The van der Waals surface area contributed by atoms with Crippen molar-refractivity contribution in [2.24, 2.45) is 0 Å². The van der Waals surface area contributed by atoms with Gasteiger partial charge in [-0.25, -0.2) is 15.0 Å². The third kappa shape index (κ3) is 6.10. The smallest absolute Gasteiger partial charge is 0.256 e. The molecule has 1 aliphatic carbocycles. The number of pyridine rings is 1. The molecule has 1 aromatic carbocycles. The predicted octanol–water partition coefficient (Wildman–Crippen LogP) is 4.46. The van der Waals surface area contributed by atoms with Crippen molar-refractivity contribution in [1.82, 2.24) is 24.7 Å². The molecular formula is C32H32N8O3. The topological polar surface area (TPSA) is 160 Å². The molecule has 3 aromatic heterocycles. The Morgan fingerprint density at radius 1 is 1.16 bits per heavy atom. The Hall–Kier alpha value is -5.08. The zero-order valence-corrected chi connectivity index (χ0v) is 23.6. The lowest BCUT2D eigenvalue weighted by atomic mass is 9.85. The number of benzene rings is 1. The van der Waals surface area contributed by atoms with Crippen molar-refractivity contribution in [2.75, 3.05) is 24.3 Å². The minimum atomic E-state index is -0.342. The van der Waals surface area contributed by atoms with Crippen LogP contribution in [0.25, 0.3) is 22.9 Å². The molecule has 43 heavy (non-hydrogen) atoms. The van der Waals surface area contributed by atoms with E-state index in [1.54, 1.807) is 24.4 Å². The molecule has 6 rings (SSSR count). The molecule has 1 fully saturated rings. The van der Waals surface area contributed by atoms with E-state index in [0.29, 0.717) is 60.0 Å². The Morgan fingerprint density at radius 3 is 2.86 bits per heavy atom. The Labute approximate surface area is 248 Å². The normalized spacial score (nSPS) is 19.8. The zero-order valence-electron chi connectivity index (χ0n) is 23.6. The first-order valence-corrected chi connectivity index (χ1v) is 14.5. The number of fused-ring (bicyclic) bond motifs is 3. The largest absolute Gasteiger partial charge is 0.382 e. The van der Waals surface area contributed by atoms with Gasteiger partial charge in [-0.1, -0.05) is 24.6 Å². The van der Waals surface area contributed by atoms with Crippen molar-refractivity contribution in [2.45, 2.75) is 50.5 Å². The lowest BCUT2D eigenvalue weighted by Crippen LogP contribution is -2.38. The third-order valence-corrected chi connectivity index (χ3v) is 7.89. The van der Waals surface area contributed by atoms with Crippen molar-refractivity contribution >= 4 is 35.0 Å². The quantitative estimate of drug-likeness (QED) is 0.322. The van der Waals surface area contributed by atoms with E-state index >= 15 is 0 Å². The van der Waals surface area contributed by atoms with Crippen molar-refractivity contribution < 1.29 is 14.3 Å². The highest BCUT2D eigenvalue weighted by Crippen LogP contribution is 2.38. The van der Waals surface area contributed by atoms with Gasteiger partial charge in [0.25, 0.3) is 5.91 Å². The highest BCUT2D eigenvalue weighted by atomic mass is 16.5. The Morgan fingerprint density at radius 2 is 2.02 bits per heavy atom. The number of ether oxygens (including phenoxy) is 1. The number of rotatable bonds is 3. The number of nitrogens with zero attached hydrogens (tertiary/aromatic N) is 5. The van der Waals surface area contributed by atoms with Crippen LogP contribution in [-0.4, -0.2) is 50.4 Å². The van der Waals surface area contributed by atoms with E-state index in [2.05, 4.69) is 25.0 Å². The number of hydrogen-bond acceptors (Lipinski definition) is 8. The first-order chi connectivity index (χ1) is 21.0. The summed E-state index contributed by atoms with van der Waals surface area (Å²) in [5, 5.41) is 15.1. The van der Waals surface area contributed by atoms with Crippen LogP contribution in [0.5, 0.6) is 0 Å². The van der Waals surface area contributed by atoms with Gasteiger partial charge in [-0.2, -0.15) is 5.26 Å². The monoisotopic (exact) mass is 576 g/mol. The summed E-state index contributed by atoms with van der Waals surface area (Å²) in [4.78, 5) is 39.3. The first-order valence-electron chi connectivity index (χ1n) is 14.5. The molecule has 4 aromatic rings. The lowest BCUT2D eigenvalue weighted by molar-refractivity contribution is -0.123. The number of nitrogens with two attached hydrogens (primary N) is 1. The Bertz CT molecular complexity index is 1740. The number of aromatic nitrogens is 4. The number of hydrogen-bond donors (Lipinski definition) is 3. The SMILES string of the molecule is N#Cc1ccnc(NC(=O)c2ccc(-c3nc4n5c(cnc(N)c35)/C=C/CCOCCC(=O)N[C@@H]3CCC[C@@H]4C3)cc2)c1. The van der Waals surface area contributed by atoms with E-state index in [1.165, 1.54) is 12.3 Å². The molecule has 2 bridgehead atoms. The fraction of sp³-hybridized carbons (Fsp3) is 0.312. The summed E-state index contributed by atoms with van der Waals surface area (Å²) in [5.41, 5.74) is 10.4. The first kappa shape index (κ1) is 28.1. The van der Waals surface area contributed by atoms with Gasteiger partial charge in [0.2, 0.25) is 5.91 Å². The van der Waals surface area contributed by atoms with E-state index in [1.807, 2.05) is 30.4 Å². The minimum absolute atomic E-state index is 0.0107. The molecule has 218 valence electrons. The Balaban J connectivity index is 1.37. The molecule has 11 heteroatoms. The van der Waals surface area contributed by atoms with E-state index < -0.39 is 0 Å². The second-order valence-corrected chi connectivity index (χ2v) is 10.8. The van der Waals surface area contributed by atoms with Crippen LogP contribution in [0.4, 0.5) is 11.6 Å². The summed E-state index contributed by atoms with van der Waals surface area (Å²) in [6.07, 6.45) is 11.9. The molecule has 1 aliphatic heterocycles. The van der Waals surface area contributed by atoms with E-state index in [0.717, 1.165) is 42.8 Å².